The number of methoxy groups -OCH3 is 2. The molecule has 0 saturated carbocycles. The maximum absolute atomic E-state index is 12.9. The Morgan fingerprint density at radius 2 is 1.80 bits per heavy atom. The highest BCUT2D eigenvalue weighted by atomic mass is 16.5. The fourth-order valence-corrected chi connectivity index (χ4v) is 3.87. The molecule has 2 amide bonds. The molecule has 1 aliphatic heterocycles. The smallest absolute Gasteiger partial charge is 0.256 e. The first-order valence-corrected chi connectivity index (χ1v) is 10.4. The maximum Gasteiger partial charge on any atom is 0.256 e. The number of nitrogens with one attached hydrogen (secondary N) is 1. The van der Waals surface area contributed by atoms with Crippen LogP contribution in [0.15, 0.2) is 54.6 Å². The summed E-state index contributed by atoms with van der Waals surface area (Å²) in [4.78, 5) is 27.0. The van der Waals surface area contributed by atoms with E-state index in [-0.39, 0.29) is 11.8 Å². The average molecular weight is 411 g/mol. The monoisotopic (exact) mass is 410 g/mol. The van der Waals surface area contributed by atoms with Gasteiger partial charge in [0.2, 0.25) is 5.91 Å². The summed E-state index contributed by atoms with van der Waals surface area (Å²) in [6, 6.07) is 16.9. The van der Waals surface area contributed by atoms with Crippen LogP contribution in [-0.4, -0.2) is 44.0 Å². The molecule has 3 rings (SSSR count). The summed E-state index contributed by atoms with van der Waals surface area (Å²) in [7, 11) is 3.18. The minimum atomic E-state index is -0.559. The summed E-state index contributed by atoms with van der Waals surface area (Å²) in [5.74, 6) is 1.18. The number of carbonyl (C=O) groups is 2. The third-order valence-corrected chi connectivity index (χ3v) is 5.62. The van der Waals surface area contributed by atoms with Crippen LogP contribution in [-0.2, 0) is 14.3 Å². The molecule has 6 heteroatoms. The lowest BCUT2D eigenvalue weighted by Crippen LogP contribution is -2.41. The highest BCUT2D eigenvalue weighted by Crippen LogP contribution is 2.26. The summed E-state index contributed by atoms with van der Waals surface area (Å²) in [6.45, 7) is 1.40. The van der Waals surface area contributed by atoms with Gasteiger partial charge in [-0.15, -0.1) is 0 Å². The van der Waals surface area contributed by atoms with Crippen molar-refractivity contribution in [3.05, 3.63) is 60.2 Å². The number of piperidine rings is 1. The van der Waals surface area contributed by atoms with Crippen molar-refractivity contribution in [3.63, 3.8) is 0 Å². The van der Waals surface area contributed by atoms with E-state index in [0.717, 1.165) is 36.3 Å². The van der Waals surface area contributed by atoms with Crippen molar-refractivity contribution in [2.75, 3.05) is 32.6 Å². The predicted octanol–water partition coefficient (Wildman–Crippen LogP) is 4.04. The Balaban J connectivity index is 1.44. The van der Waals surface area contributed by atoms with Crippen molar-refractivity contribution < 1.29 is 19.1 Å². The number of carbonyl (C=O) groups excluding carboxylic acids is 2. The van der Waals surface area contributed by atoms with Crippen LogP contribution < -0.4 is 10.1 Å². The SMILES string of the molecule is COc1cccc(NC(=O)CCC2CCN(C(=O)[C@H](OC)c3ccccc3)CC2)c1. The fourth-order valence-electron chi connectivity index (χ4n) is 3.87. The lowest BCUT2D eigenvalue weighted by Gasteiger charge is -2.34. The van der Waals surface area contributed by atoms with Gasteiger partial charge in [0.05, 0.1) is 7.11 Å². The number of nitrogens with zero attached hydrogens (tertiary/aromatic N) is 1. The molecule has 1 saturated heterocycles. The minimum Gasteiger partial charge on any atom is -0.497 e. The number of amides is 2. The Kier molecular flexibility index (Phi) is 7.85. The third kappa shape index (κ3) is 5.83. The van der Waals surface area contributed by atoms with Crippen molar-refractivity contribution in [3.8, 4) is 5.75 Å². The largest absolute Gasteiger partial charge is 0.497 e. The number of benzene rings is 2. The highest BCUT2D eigenvalue weighted by Gasteiger charge is 2.29. The zero-order valence-electron chi connectivity index (χ0n) is 17.7. The summed E-state index contributed by atoms with van der Waals surface area (Å²) in [6.07, 6.45) is 2.55. The molecule has 0 spiro atoms. The van der Waals surface area contributed by atoms with Crippen LogP contribution in [0.5, 0.6) is 5.75 Å². The van der Waals surface area contributed by atoms with E-state index in [2.05, 4.69) is 5.32 Å². The van der Waals surface area contributed by atoms with Crippen LogP contribution >= 0.6 is 0 Å². The number of anilines is 1. The Hall–Kier alpha value is -2.86. The van der Waals surface area contributed by atoms with E-state index in [0.29, 0.717) is 25.4 Å². The van der Waals surface area contributed by atoms with Gasteiger partial charge in [-0.25, -0.2) is 0 Å². The topological polar surface area (TPSA) is 67.9 Å². The molecular weight excluding hydrogens is 380 g/mol. The number of ether oxygens (including phenoxy) is 2. The van der Waals surface area contributed by atoms with Gasteiger partial charge in [-0.1, -0.05) is 36.4 Å². The molecule has 1 heterocycles. The summed E-state index contributed by atoms with van der Waals surface area (Å²) >= 11 is 0. The van der Waals surface area contributed by atoms with E-state index in [9.17, 15) is 9.59 Å². The molecule has 2 aromatic carbocycles. The van der Waals surface area contributed by atoms with Gasteiger partial charge in [0.25, 0.3) is 5.91 Å². The summed E-state index contributed by atoms with van der Waals surface area (Å²) < 4.78 is 10.7. The molecule has 1 fully saturated rings. The van der Waals surface area contributed by atoms with Crippen molar-refractivity contribution in [1.29, 1.82) is 0 Å². The maximum atomic E-state index is 12.9. The Labute approximate surface area is 178 Å². The Morgan fingerprint density at radius 1 is 1.07 bits per heavy atom. The van der Waals surface area contributed by atoms with E-state index in [1.807, 2.05) is 53.4 Å². The number of likely N-dealkylation sites (tertiary alicyclic amines) is 1. The van der Waals surface area contributed by atoms with Crippen LogP contribution in [0.1, 0.15) is 37.4 Å². The quantitative estimate of drug-likeness (QED) is 0.713. The molecule has 30 heavy (non-hydrogen) atoms. The van der Waals surface area contributed by atoms with E-state index in [4.69, 9.17) is 9.47 Å². The van der Waals surface area contributed by atoms with Gasteiger partial charge in [-0.05, 0) is 42.9 Å². The molecule has 0 radical (unpaired) electrons. The Morgan fingerprint density at radius 3 is 2.47 bits per heavy atom. The van der Waals surface area contributed by atoms with E-state index in [1.165, 1.54) is 0 Å². The predicted molar refractivity (Wildman–Crippen MR) is 116 cm³/mol. The average Bonchev–Trinajstić information content (AvgIpc) is 2.79. The highest BCUT2D eigenvalue weighted by molar-refractivity contribution is 5.90. The second kappa shape index (κ2) is 10.8. The van der Waals surface area contributed by atoms with Crippen LogP contribution in [0.3, 0.4) is 0 Å². The van der Waals surface area contributed by atoms with Gasteiger partial charge in [0.15, 0.2) is 6.10 Å². The van der Waals surface area contributed by atoms with Gasteiger partial charge >= 0.3 is 0 Å². The van der Waals surface area contributed by atoms with Crippen molar-refractivity contribution in [2.24, 2.45) is 5.92 Å². The molecule has 0 aliphatic carbocycles. The third-order valence-electron chi connectivity index (χ3n) is 5.62. The van der Waals surface area contributed by atoms with Crippen molar-refractivity contribution >= 4 is 17.5 Å². The van der Waals surface area contributed by atoms with Crippen molar-refractivity contribution in [2.45, 2.75) is 31.8 Å². The molecule has 2 aromatic rings. The number of rotatable bonds is 8. The normalized spacial score (nSPS) is 15.5. The molecule has 1 atom stereocenters. The van der Waals surface area contributed by atoms with Crippen LogP contribution in [0.2, 0.25) is 0 Å². The molecule has 1 aliphatic rings. The second-order valence-corrected chi connectivity index (χ2v) is 7.61. The first-order valence-electron chi connectivity index (χ1n) is 10.4. The molecule has 0 aromatic heterocycles. The van der Waals surface area contributed by atoms with E-state index >= 15 is 0 Å². The molecule has 0 unspecified atom stereocenters. The zero-order valence-corrected chi connectivity index (χ0v) is 17.7. The number of hydrogen-bond acceptors (Lipinski definition) is 4. The lowest BCUT2D eigenvalue weighted by atomic mass is 9.91. The van der Waals surface area contributed by atoms with Crippen LogP contribution in [0.25, 0.3) is 0 Å². The standard InChI is InChI=1S/C24H30N2O4/c1-29-21-10-6-9-20(17-21)25-22(27)12-11-18-13-15-26(16-14-18)24(28)23(30-2)19-7-4-3-5-8-19/h3-10,17-18,23H,11-16H2,1-2H3,(H,25,27)/t23-/m1/s1. The molecule has 160 valence electrons. The van der Waals surface area contributed by atoms with E-state index in [1.54, 1.807) is 20.3 Å². The van der Waals surface area contributed by atoms with Gasteiger partial charge in [0.1, 0.15) is 5.75 Å². The summed E-state index contributed by atoms with van der Waals surface area (Å²) in [5.41, 5.74) is 1.62. The molecule has 0 bridgehead atoms. The Bertz CT molecular complexity index is 832. The van der Waals surface area contributed by atoms with Crippen molar-refractivity contribution in [1.82, 2.24) is 4.90 Å². The first kappa shape index (κ1) is 21.8. The fraction of sp³-hybridized carbons (Fsp3) is 0.417. The second-order valence-electron chi connectivity index (χ2n) is 7.61. The van der Waals surface area contributed by atoms with Gasteiger partial charge < -0.3 is 19.7 Å². The minimum absolute atomic E-state index is 0.00489. The zero-order chi connectivity index (χ0) is 21.3. The molecule has 1 N–H and O–H groups in total. The lowest BCUT2D eigenvalue weighted by molar-refractivity contribution is -0.144. The van der Waals surface area contributed by atoms with Gasteiger partial charge in [-0.3, -0.25) is 9.59 Å². The number of hydrogen-bond donors (Lipinski definition) is 1. The van der Waals surface area contributed by atoms with E-state index < -0.39 is 6.10 Å². The van der Waals surface area contributed by atoms with Gasteiger partial charge in [-0.2, -0.15) is 0 Å². The van der Waals surface area contributed by atoms with Crippen LogP contribution in [0, 0.1) is 5.92 Å². The summed E-state index contributed by atoms with van der Waals surface area (Å²) in [5, 5.41) is 2.92. The van der Waals surface area contributed by atoms with Crippen LogP contribution in [0.4, 0.5) is 5.69 Å². The molecular formula is C24H30N2O4. The first-order chi connectivity index (χ1) is 14.6. The molecule has 6 nitrogen and oxygen atoms in total. The van der Waals surface area contributed by atoms with Gasteiger partial charge in [0, 0.05) is 38.4 Å².